The Morgan fingerprint density at radius 3 is 2.44 bits per heavy atom. The Kier molecular flexibility index (Phi) is 6.84. The van der Waals surface area contributed by atoms with E-state index in [0.29, 0.717) is 35.1 Å². The van der Waals surface area contributed by atoms with Crippen molar-refractivity contribution < 1.29 is 28.5 Å². The van der Waals surface area contributed by atoms with Crippen LogP contribution in [0.15, 0.2) is 21.9 Å². The third kappa shape index (κ3) is 4.59. The van der Waals surface area contributed by atoms with Crippen molar-refractivity contribution in [2.75, 3.05) is 41.2 Å². The van der Waals surface area contributed by atoms with Crippen molar-refractivity contribution in [1.29, 1.82) is 0 Å². The molecular formula is C18H24N9O5+. The van der Waals surface area contributed by atoms with Crippen molar-refractivity contribution >= 4 is 17.9 Å². The van der Waals surface area contributed by atoms with Crippen molar-refractivity contribution in [3.05, 3.63) is 29.1 Å². The largest absolute Gasteiger partial charge is 0.493 e. The molecule has 2 heterocycles. The van der Waals surface area contributed by atoms with Gasteiger partial charge < -0.3 is 24.8 Å². The Morgan fingerprint density at radius 2 is 1.91 bits per heavy atom. The summed E-state index contributed by atoms with van der Waals surface area (Å²) in [5, 5.41) is 19.2. The number of rotatable bonds is 9. The number of amides is 1. The molecule has 0 aliphatic heterocycles. The molecule has 0 atom stereocenters. The number of aromatic nitrogens is 5. The van der Waals surface area contributed by atoms with Crippen LogP contribution in [0.25, 0.3) is 5.82 Å². The smallest absolute Gasteiger partial charge is 0.294 e. The lowest BCUT2D eigenvalue weighted by Crippen LogP contribution is -3.04. The summed E-state index contributed by atoms with van der Waals surface area (Å²) < 4.78 is 21.9. The van der Waals surface area contributed by atoms with Crippen LogP contribution in [-0.4, -0.2) is 72.9 Å². The lowest BCUT2D eigenvalue weighted by Gasteiger charge is -2.12. The number of nitrogen functional groups attached to an aromatic ring is 1. The van der Waals surface area contributed by atoms with Crippen LogP contribution >= 0.6 is 0 Å². The summed E-state index contributed by atoms with van der Waals surface area (Å²) >= 11 is 0. The summed E-state index contributed by atoms with van der Waals surface area (Å²) in [6.45, 7) is 0.401. The third-order valence-corrected chi connectivity index (χ3v) is 4.26. The Labute approximate surface area is 182 Å². The molecule has 3 aromatic rings. The van der Waals surface area contributed by atoms with E-state index in [1.807, 2.05) is 14.1 Å². The zero-order valence-corrected chi connectivity index (χ0v) is 18.2. The third-order valence-electron chi connectivity index (χ3n) is 4.26. The minimum Gasteiger partial charge on any atom is -0.493 e. The van der Waals surface area contributed by atoms with Gasteiger partial charge in [-0.25, -0.2) is 10.1 Å². The van der Waals surface area contributed by atoms with Crippen molar-refractivity contribution in [2.24, 2.45) is 5.10 Å². The van der Waals surface area contributed by atoms with E-state index in [1.165, 1.54) is 32.2 Å². The highest BCUT2D eigenvalue weighted by atomic mass is 16.6. The molecule has 0 unspecified atom stereocenters. The normalized spacial score (nSPS) is 11.2. The maximum absolute atomic E-state index is 12.7. The van der Waals surface area contributed by atoms with Gasteiger partial charge in [0.05, 0.1) is 41.6 Å². The second-order valence-electron chi connectivity index (χ2n) is 6.81. The lowest BCUT2D eigenvalue weighted by molar-refractivity contribution is -0.873. The fourth-order valence-electron chi connectivity index (χ4n) is 2.87. The van der Waals surface area contributed by atoms with E-state index in [2.05, 4.69) is 35.8 Å². The first-order chi connectivity index (χ1) is 15.4. The average molecular weight is 446 g/mol. The molecule has 14 heteroatoms. The predicted octanol–water partition coefficient (Wildman–Crippen LogP) is -1.33. The van der Waals surface area contributed by atoms with Gasteiger partial charge in [-0.05, 0) is 22.4 Å². The lowest BCUT2D eigenvalue weighted by atomic mass is 10.2. The number of benzene rings is 1. The molecule has 4 N–H and O–H groups in total. The molecule has 14 nitrogen and oxygen atoms in total. The predicted molar refractivity (Wildman–Crippen MR) is 111 cm³/mol. The summed E-state index contributed by atoms with van der Waals surface area (Å²) in [6.07, 6.45) is 1.43. The van der Waals surface area contributed by atoms with Crippen LogP contribution in [0.5, 0.6) is 17.2 Å². The monoisotopic (exact) mass is 446 g/mol. The van der Waals surface area contributed by atoms with Gasteiger partial charge >= 0.3 is 0 Å². The molecule has 0 radical (unpaired) electrons. The number of hydrogen-bond acceptors (Lipinski definition) is 11. The van der Waals surface area contributed by atoms with Gasteiger partial charge in [-0.2, -0.15) is 9.78 Å². The number of carbonyl (C=O) groups is 1. The number of nitrogens with one attached hydrogen (secondary N) is 2. The van der Waals surface area contributed by atoms with Gasteiger partial charge in [0.15, 0.2) is 17.2 Å². The van der Waals surface area contributed by atoms with Crippen LogP contribution in [0, 0.1) is 0 Å². The Hall–Kier alpha value is -4.20. The van der Waals surface area contributed by atoms with Gasteiger partial charge in [0.25, 0.3) is 5.91 Å². The minimum atomic E-state index is -0.564. The molecule has 32 heavy (non-hydrogen) atoms. The second kappa shape index (κ2) is 9.74. The molecule has 170 valence electrons. The fourth-order valence-corrected chi connectivity index (χ4v) is 2.87. The molecule has 0 fully saturated rings. The van der Waals surface area contributed by atoms with E-state index in [-0.39, 0.29) is 17.3 Å². The van der Waals surface area contributed by atoms with Crippen LogP contribution in [0.2, 0.25) is 0 Å². The Bertz CT molecular complexity index is 1100. The molecule has 0 aliphatic carbocycles. The number of nitrogens with zero attached hydrogens (tertiary/aromatic N) is 6. The number of ether oxygens (including phenoxy) is 3. The zero-order chi connectivity index (χ0) is 23.3. The average Bonchev–Trinajstić information content (AvgIpc) is 3.37. The summed E-state index contributed by atoms with van der Waals surface area (Å²) in [5.74, 6) is 0.970. The SMILES string of the molecule is COc1cc(/C=N\NC(=O)c2nnn(-c3nonc3N)c2C[NH+](C)C)cc(OC)c1OC. The standard InChI is InChI=1S/C18H23N9O5/c1-26(2)9-11-14(21-25-27(11)17-16(19)23-32-24-17)18(28)22-20-8-10-6-12(29-3)15(31-5)13(7-10)30-4/h6-8H,9H2,1-5H3,(H2,19,23)(H,22,28)/p+1/b20-8-. The zero-order valence-electron chi connectivity index (χ0n) is 18.2. The molecule has 0 saturated heterocycles. The summed E-state index contributed by atoms with van der Waals surface area (Å²) in [6, 6.07) is 3.38. The first kappa shape index (κ1) is 22.5. The molecule has 1 amide bonds. The summed E-state index contributed by atoms with van der Waals surface area (Å²) in [4.78, 5) is 13.8. The highest BCUT2D eigenvalue weighted by Gasteiger charge is 2.25. The van der Waals surface area contributed by atoms with Crippen LogP contribution in [0.1, 0.15) is 21.7 Å². The van der Waals surface area contributed by atoms with Crippen molar-refractivity contribution in [3.8, 4) is 23.1 Å². The number of hydrazone groups is 1. The maximum atomic E-state index is 12.7. The number of methoxy groups -OCH3 is 3. The van der Waals surface area contributed by atoms with E-state index in [4.69, 9.17) is 19.9 Å². The molecule has 0 bridgehead atoms. The Balaban J connectivity index is 1.84. The minimum absolute atomic E-state index is 0.0253. The highest BCUT2D eigenvalue weighted by molar-refractivity contribution is 5.94. The number of anilines is 1. The van der Waals surface area contributed by atoms with E-state index in [9.17, 15) is 4.79 Å². The molecule has 0 spiro atoms. The van der Waals surface area contributed by atoms with Gasteiger partial charge in [-0.15, -0.1) is 5.10 Å². The molecule has 0 aliphatic rings. The number of hydrogen-bond donors (Lipinski definition) is 3. The van der Waals surface area contributed by atoms with E-state index < -0.39 is 5.91 Å². The Morgan fingerprint density at radius 1 is 1.22 bits per heavy atom. The topological polar surface area (TPSA) is 169 Å². The van der Waals surface area contributed by atoms with Crippen molar-refractivity contribution in [2.45, 2.75) is 6.54 Å². The van der Waals surface area contributed by atoms with Crippen LogP contribution in [-0.2, 0) is 6.54 Å². The molecular weight excluding hydrogens is 422 g/mol. The summed E-state index contributed by atoms with van der Waals surface area (Å²) in [7, 11) is 8.35. The van der Waals surface area contributed by atoms with Crippen LogP contribution in [0.4, 0.5) is 5.82 Å². The van der Waals surface area contributed by atoms with Gasteiger partial charge in [-0.1, -0.05) is 5.21 Å². The number of carbonyl (C=O) groups excluding carboxylic acids is 1. The van der Waals surface area contributed by atoms with E-state index >= 15 is 0 Å². The van der Waals surface area contributed by atoms with Crippen molar-refractivity contribution in [1.82, 2.24) is 30.7 Å². The first-order valence-electron chi connectivity index (χ1n) is 9.35. The molecule has 2 aromatic heterocycles. The second-order valence-corrected chi connectivity index (χ2v) is 6.81. The van der Waals surface area contributed by atoms with E-state index in [1.54, 1.807) is 12.1 Å². The highest BCUT2D eigenvalue weighted by Crippen LogP contribution is 2.37. The quantitative estimate of drug-likeness (QED) is 0.264. The van der Waals surface area contributed by atoms with Gasteiger partial charge in [-0.3, -0.25) is 4.79 Å². The van der Waals surface area contributed by atoms with E-state index in [0.717, 1.165) is 4.90 Å². The number of nitrogens with two attached hydrogens (primary N) is 1. The first-order valence-corrected chi connectivity index (χ1v) is 9.35. The molecule has 3 rings (SSSR count). The fraction of sp³-hybridized carbons (Fsp3) is 0.333. The summed E-state index contributed by atoms with van der Waals surface area (Å²) in [5.41, 5.74) is 9.34. The maximum Gasteiger partial charge on any atom is 0.294 e. The molecule has 0 saturated carbocycles. The molecule has 1 aromatic carbocycles. The van der Waals surface area contributed by atoms with Gasteiger partial charge in [0.2, 0.25) is 17.4 Å². The van der Waals surface area contributed by atoms with Crippen LogP contribution < -0.4 is 30.3 Å². The van der Waals surface area contributed by atoms with Gasteiger partial charge in [0, 0.05) is 5.56 Å². The van der Waals surface area contributed by atoms with Crippen molar-refractivity contribution in [3.63, 3.8) is 0 Å². The van der Waals surface area contributed by atoms with Gasteiger partial charge in [0.1, 0.15) is 12.2 Å². The number of quaternary nitrogens is 1. The van der Waals surface area contributed by atoms with Crippen LogP contribution in [0.3, 0.4) is 0 Å².